The number of aromatic amines is 1. The maximum atomic E-state index is 12.1. The molecule has 0 radical (unpaired) electrons. The molecule has 2 fully saturated rings. The number of fused-ring (bicyclic) bond motifs is 1. The molecule has 1 aromatic rings. The molecule has 2 atom stereocenters. The molecule has 2 N–H and O–H groups in total. The van der Waals surface area contributed by atoms with Crippen molar-refractivity contribution < 1.29 is 4.79 Å². The Morgan fingerprint density at radius 2 is 2.00 bits per heavy atom. The van der Waals surface area contributed by atoms with Gasteiger partial charge in [0, 0.05) is 32.2 Å². The molecule has 0 spiro atoms. The van der Waals surface area contributed by atoms with Gasteiger partial charge in [-0.1, -0.05) is 0 Å². The molecule has 17 heavy (non-hydrogen) atoms. The monoisotopic (exact) mass is 234 g/mol. The fourth-order valence-electron chi connectivity index (χ4n) is 2.65. The molecule has 2 aliphatic rings. The molecule has 0 aliphatic carbocycles. The highest BCUT2D eigenvalue weighted by atomic mass is 16.2. The third-order valence-electron chi connectivity index (χ3n) is 3.57. The summed E-state index contributed by atoms with van der Waals surface area (Å²) in [6.45, 7) is 3.57. The first-order valence-corrected chi connectivity index (χ1v) is 5.80. The van der Waals surface area contributed by atoms with Crippen LogP contribution in [0.4, 0.5) is 0 Å². The van der Waals surface area contributed by atoms with E-state index in [0.29, 0.717) is 17.5 Å². The van der Waals surface area contributed by atoms with E-state index in [1.165, 1.54) is 12.1 Å². The van der Waals surface area contributed by atoms with E-state index in [0.717, 1.165) is 26.2 Å². The number of aromatic nitrogens is 2. The Bertz CT molecular complexity index is 466. The molecule has 90 valence electrons. The van der Waals surface area contributed by atoms with Crippen LogP contribution in [0.2, 0.25) is 0 Å². The van der Waals surface area contributed by atoms with Crippen LogP contribution in [0, 0.1) is 11.8 Å². The second-order valence-corrected chi connectivity index (χ2v) is 4.69. The third-order valence-corrected chi connectivity index (χ3v) is 3.57. The molecule has 2 unspecified atom stereocenters. The van der Waals surface area contributed by atoms with Crippen molar-refractivity contribution >= 4 is 5.91 Å². The first-order chi connectivity index (χ1) is 8.24. The van der Waals surface area contributed by atoms with Crippen molar-refractivity contribution in [2.75, 3.05) is 26.2 Å². The van der Waals surface area contributed by atoms with Crippen LogP contribution < -0.4 is 10.9 Å². The van der Waals surface area contributed by atoms with Crippen LogP contribution in [-0.2, 0) is 0 Å². The minimum atomic E-state index is -0.288. The second-order valence-electron chi connectivity index (χ2n) is 4.69. The maximum absolute atomic E-state index is 12.1. The van der Waals surface area contributed by atoms with Gasteiger partial charge in [-0.25, -0.2) is 5.10 Å². The van der Waals surface area contributed by atoms with Crippen LogP contribution in [-0.4, -0.2) is 47.2 Å². The molecule has 0 aromatic carbocycles. The van der Waals surface area contributed by atoms with Gasteiger partial charge in [0.1, 0.15) is 5.69 Å². The van der Waals surface area contributed by atoms with Gasteiger partial charge in [-0.2, -0.15) is 5.10 Å². The number of hydrogen-bond donors (Lipinski definition) is 2. The van der Waals surface area contributed by atoms with Gasteiger partial charge in [-0.15, -0.1) is 0 Å². The summed E-state index contributed by atoms with van der Waals surface area (Å²) in [7, 11) is 0. The molecular formula is C11H14N4O2. The lowest BCUT2D eigenvalue weighted by molar-refractivity contribution is 0.0774. The highest BCUT2D eigenvalue weighted by Crippen LogP contribution is 2.26. The quantitative estimate of drug-likeness (QED) is 0.657. The zero-order valence-corrected chi connectivity index (χ0v) is 9.35. The number of amides is 1. The molecule has 3 rings (SSSR count). The normalized spacial score (nSPS) is 27.2. The highest BCUT2D eigenvalue weighted by molar-refractivity contribution is 5.92. The first-order valence-electron chi connectivity index (χ1n) is 5.80. The zero-order chi connectivity index (χ0) is 11.8. The van der Waals surface area contributed by atoms with Crippen molar-refractivity contribution in [1.29, 1.82) is 0 Å². The van der Waals surface area contributed by atoms with Crippen molar-refractivity contribution in [3.8, 4) is 0 Å². The van der Waals surface area contributed by atoms with E-state index in [4.69, 9.17) is 0 Å². The molecule has 1 amide bonds. The molecule has 0 bridgehead atoms. The predicted molar refractivity (Wildman–Crippen MR) is 60.6 cm³/mol. The summed E-state index contributed by atoms with van der Waals surface area (Å²) in [5.41, 5.74) is 0.0292. The standard InChI is InChI=1S/C11H14N4O2/c16-10-2-1-9(13-14-10)11(17)15-5-7-3-12-4-8(7)6-15/h1-2,7-8,12H,3-6H2,(H,14,16). The Labute approximate surface area is 98.0 Å². The maximum Gasteiger partial charge on any atom is 0.274 e. The third kappa shape index (κ3) is 1.84. The number of nitrogens with zero attached hydrogens (tertiary/aromatic N) is 2. The van der Waals surface area contributed by atoms with Gasteiger partial charge in [0.25, 0.3) is 11.5 Å². The fourth-order valence-corrected chi connectivity index (χ4v) is 2.65. The number of nitrogens with one attached hydrogen (secondary N) is 2. The Kier molecular flexibility index (Phi) is 2.44. The van der Waals surface area contributed by atoms with Crippen molar-refractivity contribution in [2.45, 2.75) is 0 Å². The number of H-pyrrole nitrogens is 1. The number of likely N-dealkylation sites (tertiary alicyclic amines) is 1. The Balaban J connectivity index is 1.75. The van der Waals surface area contributed by atoms with E-state index >= 15 is 0 Å². The molecule has 0 saturated carbocycles. The summed E-state index contributed by atoms with van der Waals surface area (Å²) in [5.74, 6) is 1.05. The lowest BCUT2D eigenvalue weighted by Crippen LogP contribution is -2.33. The topological polar surface area (TPSA) is 78.1 Å². The lowest BCUT2D eigenvalue weighted by atomic mass is 10.0. The smallest absolute Gasteiger partial charge is 0.274 e. The van der Waals surface area contributed by atoms with Crippen LogP contribution >= 0.6 is 0 Å². The average molecular weight is 234 g/mol. The summed E-state index contributed by atoms with van der Waals surface area (Å²) >= 11 is 0. The summed E-state index contributed by atoms with van der Waals surface area (Å²) in [6.07, 6.45) is 0. The van der Waals surface area contributed by atoms with Crippen LogP contribution in [0.1, 0.15) is 10.5 Å². The van der Waals surface area contributed by atoms with E-state index in [2.05, 4.69) is 15.5 Å². The minimum absolute atomic E-state index is 0.0874. The van der Waals surface area contributed by atoms with Crippen LogP contribution in [0.5, 0.6) is 0 Å². The summed E-state index contributed by atoms with van der Waals surface area (Å²) in [6, 6.07) is 2.81. The van der Waals surface area contributed by atoms with Gasteiger partial charge in [0.05, 0.1) is 0 Å². The Hall–Kier alpha value is -1.69. The van der Waals surface area contributed by atoms with Gasteiger partial charge in [-0.05, 0) is 17.9 Å². The first kappa shape index (κ1) is 10.5. The molecule has 6 nitrogen and oxygen atoms in total. The van der Waals surface area contributed by atoms with E-state index in [1.54, 1.807) is 0 Å². The number of hydrogen-bond acceptors (Lipinski definition) is 4. The van der Waals surface area contributed by atoms with Crippen LogP contribution in [0.3, 0.4) is 0 Å². The molecule has 3 heterocycles. The van der Waals surface area contributed by atoms with Gasteiger partial charge >= 0.3 is 0 Å². The molecule has 6 heteroatoms. The van der Waals surface area contributed by atoms with E-state index in [1.807, 2.05) is 4.90 Å². The highest BCUT2D eigenvalue weighted by Gasteiger charge is 2.38. The van der Waals surface area contributed by atoms with Crippen molar-refractivity contribution in [2.24, 2.45) is 11.8 Å². The second kappa shape index (κ2) is 3.96. The molecular weight excluding hydrogens is 220 g/mol. The summed E-state index contributed by atoms with van der Waals surface area (Å²) in [4.78, 5) is 24.8. The average Bonchev–Trinajstić information content (AvgIpc) is 2.89. The molecule has 2 aliphatic heterocycles. The number of carbonyl (C=O) groups excluding carboxylic acids is 1. The van der Waals surface area contributed by atoms with E-state index in [-0.39, 0.29) is 11.5 Å². The SMILES string of the molecule is O=C(c1ccc(=O)[nH]n1)N1CC2CNCC2C1. The number of rotatable bonds is 1. The largest absolute Gasteiger partial charge is 0.337 e. The molecule has 2 saturated heterocycles. The van der Waals surface area contributed by atoms with Gasteiger partial charge in [-0.3, -0.25) is 9.59 Å². The van der Waals surface area contributed by atoms with Crippen molar-refractivity contribution in [3.05, 3.63) is 28.2 Å². The van der Waals surface area contributed by atoms with Crippen LogP contribution in [0.15, 0.2) is 16.9 Å². The summed E-state index contributed by atoms with van der Waals surface area (Å²) in [5, 5.41) is 9.39. The van der Waals surface area contributed by atoms with Gasteiger partial charge < -0.3 is 10.2 Å². The number of carbonyl (C=O) groups is 1. The van der Waals surface area contributed by atoms with E-state index in [9.17, 15) is 9.59 Å². The summed E-state index contributed by atoms with van der Waals surface area (Å²) < 4.78 is 0. The van der Waals surface area contributed by atoms with E-state index < -0.39 is 0 Å². The minimum Gasteiger partial charge on any atom is -0.337 e. The Morgan fingerprint density at radius 3 is 2.59 bits per heavy atom. The van der Waals surface area contributed by atoms with Gasteiger partial charge in [0.2, 0.25) is 0 Å². The van der Waals surface area contributed by atoms with Crippen molar-refractivity contribution in [1.82, 2.24) is 20.4 Å². The van der Waals surface area contributed by atoms with Crippen LogP contribution in [0.25, 0.3) is 0 Å². The Morgan fingerprint density at radius 1 is 1.29 bits per heavy atom. The fraction of sp³-hybridized carbons (Fsp3) is 0.545. The predicted octanol–water partition coefficient (Wildman–Crippen LogP) is -0.939. The molecule has 1 aromatic heterocycles. The zero-order valence-electron chi connectivity index (χ0n) is 9.35. The van der Waals surface area contributed by atoms with Gasteiger partial charge in [0.15, 0.2) is 0 Å². The lowest BCUT2D eigenvalue weighted by Gasteiger charge is -2.16. The van der Waals surface area contributed by atoms with Crippen molar-refractivity contribution in [3.63, 3.8) is 0 Å².